The number of ketones is 2. The number of hydrogen-bond donors (Lipinski definition) is 1. The first kappa shape index (κ1) is 80.8. The fraction of sp³-hybridized carbons (Fsp3) is 0.386. The Morgan fingerprint density at radius 1 is 0.538 bits per heavy atom. The van der Waals surface area contributed by atoms with E-state index in [4.69, 9.17) is 74.5 Å². The van der Waals surface area contributed by atoms with Crippen LogP contribution in [-0.4, -0.2) is 151 Å². The van der Waals surface area contributed by atoms with Gasteiger partial charge in [-0.1, -0.05) is 67.2 Å². The van der Waals surface area contributed by atoms with E-state index in [-0.39, 0.29) is 74.7 Å². The molecule has 0 aliphatic carbocycles. The number of nitrogens with zero attached hydrogens (tertiary/aromatic N) is 11. The van der Waals surface area contributed by atoms with Gasteiger partial charge >= 0.3 is 14.0 Å². The van der Waals surface area contributed by atoms with Crippen molar-refractivity contribution in [3.63, 3.8) is 0 Å². The van der Waals surface area contributed by atoms with Crippen LogP contribution in [-0.2, 0) is 47.4 Å². The SMILES string of the molecule is CC1(C)OB(B2OC(C)(C)C(C)(C)O2)OC1(C)C.CCc1csc(C(=O)c2cc(-c3ncnc4cc(N5CCOCC5)ncc34)c(F)cc2Cl)n1.CCc1csc(C(=O)c2cc(Br)c(F)cc2Cl)n1.CCc1csc(C(O)c2cc(Br)c(F)cc2Cl)n1.Clc1ncnc2cc(N3CCOCC3)ncc12. The number of aliphatic hydroxyl groups excluding tert-OH is 1. The van der Waals surface area contributed by atoms with E-state index >= 15 is 4.39 Å². The largest absolute Gasteiger partial charge is 0.488 e. The van der Waals surface area contributed by atoms with Gasteiger partial charge in [0.25, 0.3) is 0 Å². The number of carbonyl (C=O) groups excluding carboxylic acids is 2. The molecule has 0 bridgehead atoms. The van der Waals surface area contributed by atoms with Gasteiger partial charge in [-0.25, -0.2) is 58.0 Å². The third kappa shape index (κ3) is 18.8. The highest BCUT2D eigenvalue weighted by Crippen LogP contribution is 2.44. The summed E-state index contributed by atoms with van der Waals surface area (Å²) in [5.74, 6) is -0.479. The maximum Gasteiger partial charge on any atom is 0.488 e. The lowest BCUT2D eigenvalue weighted by Crippen LogP contribution is -2.41. The molecular formula is C70H72B2Br2Cl4F3N11O9S3. The number of benzene rings is 3. The van der Waals surface area contributed by atoms with Crippen LogP contribution in [0, 0.1) is 17.5 Å². The topological polar surface area (TPSA) is 232 Å². The van der Waals surface area contributed by atoms with Crippen LogP contribution in [0.1, 0.15) is 141 Å². The number of halogens is 9. The third-order valence-corrected chi connectivity index (χ3v) is 23.1. The summed E-state index contributed by atoms with van der Waals surface area (Å²) in [6.45, 7) is 28.1. The lowest BCUT2D eigenvalue weighted by Gasteiger charge is -2.32. The minimum absolute atomic E-state index is 0.0283. The Morgan fingerprint density at radius 2 is 0.952 bits per heavy atom. The number of anilines is 2. The standard InChI is InChI=1S/C23H19ClFN5O2S.C12H24B2O4.C12H10BrClFNOS.C12H8BrClFNOS.C11H11ClN4O/c1-2-13-11-33-23(29-13)22(31)14-7-15(18(25)8-17(14)24)21-16-10-26-20(9-19(16)27-12-28-21)30-3-5-32-6-4-30;1-9(2)10(3,4)16-13(15-9)14-17-11(5,6)12(7,8)18-14;2*1-2-6-5-18-12(16-6)11(17)7-3-8(13)10(15)4-9(7)14;12-11-8-6-13-10(5-9(8)14-7-15-11)16-1-3-17-4-2-16/h7-12H,2-6H2,1H3;1-8H3;3-5,11,17H,2H2,1H3;3-5H,2H2,1H3;5-7H,1-4H2. The second-order valence-corrected chi connectivity index (χ2v) is 31.8. The van der Waals surface area contributed by atoms with Gasteiger partial charge < -0.3 is 43.0 Å². The summed E-state index contributed by atoms with van der Waals surface area (Å²) in [5, 5.41) is 19.1. The summed E-state index contributed by atoms with van der Waals surface area (Å²) in [6, 6.07) is 11.5. The molecule has 14 rings (SSSR count). The number of pyridine rings is 2. The van der Waals surface area contributed by atoms with Crippen molar-refractivity contribution in [2.75, 3.05) is 62.4 Å². The summed E-state index contributed by atoms with van der Waals surface area (Å²) in [5.41, 5.74) is 4.00. The van der Waals surface area contributed by atoms with Gasteiger partial charge in [0.1, 0.15) is 58.0 Å². The van der Waals surface area contributed by atoms with Crippen molar-refractivity contribution in [3.05, 3.63) is 185 Å². The fourth-order valence-corrected chi connectivity index (χ4v) is 14.7. The summed E-state index contributed by atoms with van der Waals surface area (Å²) in [6.07, 6.45) is 7.58. The molecule has 3 aromatic carbocycles. The maximum absolute atomic E-state index is 15.0. The molecule has 548 valence electrons. The minimum atomic E-state index is -0.931. The Morgan fingerprint density at radius 3 is 1.42 bits per heavy atom. The zero-order valence-electron chi connectivity index (χ0n) is 58.4. The molecule has 0 saturated carbocycles. The van der Waals surface area contributed by atoms with Gasteiger partial charge in [0, 0.05) is 99.5 Å². The van der Waals surface area contributed by atoms with E-state index in [9.17, 15) is 23.5 Å². The molecule has 10 aromatic rings. The van der Waals surface area contributed by atoms with Gasteiger partial charge in [0.2, 0.25) is 11.6 Å². The molecule has 1 atom stereocenters. The van der Waals surface area contributed by atoms with Crippen molar-refractivity contribution in [3.8, 4) is 11.3 Å². The number of carbonyl (C=O) groups is 2. The van der Waals surface area contributed by atoms with Crippen LogP contribution in [0.15, 0.2) is 98.7 Å². The number of morpholine rings is 2. The van der Waals surface area contributed by atoms with E-state index in [1.54, 1.807) is 12.4 Å². The molecule has 0 spiro atoms. The minimum Gasteiger partial charge on any atom is -0.405 e. The molecule has 4 aliphatic heterocycles. The highest BCUT2D eigenvalue weighted by atomic mass is 79.9. The van der Waals surface area contributed by atoms with Crippen molar-refractivity contribution >= 4 is 171 Å². The molecule has 4 fully saturated rings. The molecule has 1 N–H and O–H groups in total. The number of aliphatic hydroxyl groups is 1. The first-order valence-corrected chi connectivity index (χ1v) is 38.7. The van der Waals surface area contributed by atoms with Crippen LogP contribution < -0.4 is 9.80 Å². The zero-order valence-corrected chi connectivity index (χ0v) is 67.1. The molecule has 20 nitrogen and oxygen atoms in total. The number of aryl methyl sites for hydroxylation is 3. The quantitative estimate of drug-likeness (QED) is 0.0489. The summed E-state index contributed by atoms with van der Waals surface area (Å²) in [4.78, 5) is 68.1. The summed E-state index contributed by atoms with van der Waals surface area (Å²) in [7, 11) is -0.952. The lowest BCUT2D eigenvalue weighted by molar-refractivity contribution is 0.00578. The monoisotopic (exact) mass is 1680 g/mol. The van der Waals surface area contributed by atoms with E-state index in [0.29, 0.717) is 55.6 Å². The number of hydrogen-bond acceptors (Lipinski definition) is 23. The molecule has 0 radical (unpaired) electrons. The van der Waals surface area contributed by atoms with E-state index in [2.05, 4.69) is 86.5 Å². The smallest absolute Gasteiger partial charge is 0.405 e. The molecule has 4 aliphatic rings. The molecule has 4 saturated heterocycles. The number of fused-ring (bicyclic) bond motifs is 2. The molecule has 1 unspecified atom stereocenters. The molecule has 11 heterocycles. The van der Waals surface area contributed by atoms with E-state index < -0.39 is 37.6 Å². The fourth-order valence-electron chi connectivity index (χ4n) is 10.5. The van der Waals surface area contributed by atoms with Crippen molar-refractivity contribution in [2.24, 2.45) is 0 Å². The van der Waals surface area contributed by atoms with Gasteiger partial charge in [-0.15, -0.1) is 34.0 Å². The number of aromatic nitrogens is 9. The highest BCUT2D eigenvalue weighted by Gasteiger charge is 2.63. The second kappa shape index (κ2) is 34.6. The Kier molecular flexibility index (Phi) is 26.9. The Labute approximate surface area is 649 Å². The first-order valence-electron chi connectivity index (χ1n) is 33.0. The maximum atomic E-state index is 15.0. The van der Waals surface area contributed by atoms with Crippen molar-refractivity contribution in [1.29, 1.82) is 0 Å². The van der Waals surface area contributed by atoms with E-state index in [1.165, 1.54) is 70.9 Å². The summed E-state index contributed by atoms with van der Waals surface area (Å²) < 4.78 is 76.6. The predicted octanol–water partition coefficient (Wildman–Crippen LogP) is 17.2. The molecule has 104 heavy (non-hydrogen) atoms. The normalized spacial score (nSPS) is 16.7. The molecule has 0 amide bonds. The van der Waals surface area contributed by atoms with Crippen LogP contribution in [0.25, 0.3) is 33.1 Å². The number of ether oxygens (including phenoxy) is 2. The van der Waals surface area contributed by atoms with Crippen molar-refractivity contribution < 1.29 is 56.0 Å². The van der Waals surface area contributed by atoms with Gasteiger partial charge in [-0.3, -0.25) is 9.59 Å². The molecular weight excluding hydrogens is 1620 g/mol. The Hall–Kier alpha value is -5.77. The lowest BCUT2D eigenvalue weighted by atomic mass is 9.49. The van der Waals surface area contributed by atoms with Crippen molar-refractivity contribution in [2.45, 2.75) is 124 Å². The van der Waals surface area contributed by atoms with E-state index in [1.807, 2.05) is 104 Å². The number of rotatable bonds is 13. The number of thiazole rings is 3. The van der Waals surface area contributed by atoms with Crippen molar-refractivity contribution in [1.82, 2.24) is 44.9 Å². The van der Waals surface area contributed by atoms with Crippen LogP contribution in [0.5, 0.6) is 0 Å². The van der Waals surface area contributed by atoms with Crippen LogP contribution >= 0.6 is 112 Å². The second-order valence-electron chi connectivity index (χ2n) is 25.9. The average Bonchev–Trinajstić information content (AvgIpc) is 1.43. The predicted molar refractivity (Wildman–Crippen MR) is 412 cm³/mol. The van der Waals surface area contributed by atoms with Gasteiger partial charge in [0.15, 0.2) is 10.0 Å². The van der Waals surface area contributed by atoms with Crippen LogP contribution in [0.4, 0.5) is 24.8 Å². The average molecular weight is 1690 g/mol. The highest BCUT2D eigenvalue weighted by molar-refractivity contribution is 9.10. The molecule has 7 aromatic heterocycles. The third-order valence-electron chi connectivity index (χ3n) is 17.9. The van der Waals surface area contributed by atoms with Gasteiger partial charge in [-0.05, 0) is 143 Å². The molecule has 34 heteroatoms. The van der Waals surface area contributed by atoms with Crippen LogP contribution in [0.3, 0.4) is 0 Å². The Balaban J connectivity index is 0.000000144. The summed E-state index contributed by atoms with van der Waals surface area (Å²) >= 11 is 34.0. The van der Waals surface area contributed by atoms with E-state index in [0.717, 1.165) is 110 Å². The first-order chi connectivity index (χ1) is 49.3. The Bertz CT molecular complexity index is 4690. The van der Waals surface area contributed by atoms with Gasteiger partial charge in [0.05, 0.1) is 107 Å². The van der Waals surface area contributed by atoms with Crippen LogP contribution in [0.2, 0.25) is 20.2 Å². The zero-order chi connectivity index (χ0) is 75.2. The van der Waals surface area contributed by atoms with Gasteiger partial charge in [-0.2, -0.15) is 0 Å².